The molecule has 6 heteroatoms. The van der Waals surface area contributed by atoms with Crippen LogP contribution in [0.4, 0.5) is 0 Å². The van der Waals surface area contributed by atoms with Crippen LogP contribution in [0.2, 0.25) is 0 Å². The van der Waals surface area contributed by atoms with Crippen molar-refractivity contribution in [3.05, 3.63) is 58.3 Å². The summed E-state index contributed by atoms with van der Waals surface area (Å²) in [6.45, 7) is 1.77. The zero-order valence-electron chi connectivity index (χ0n) is 13.8. The molecule has 0 saturated heterocycles. The van der Waals surface area contributed by atoms with Crippen LogP contribution in [0.3, 0.4) is 0 Å². The van der Waals surface area contributed by atoms with Gasteiger partial charge in [-0.15, -0.1) is 0 Å². The molecule has 2 unspecified atom stereocenters. The SMILES string of the molecule is CC(C#N)(CC(CCc1ccsc1)C(=O)O)SC(=S)c1ccccc1. The van der Waals surface area contributed by atoms with Crippen LogP contribution in [0.1, 0.15) is 30.9 Å². The maximum Gasteiger partial charge on any atom is 0.306 e. The highest BCUT2D eigenvalue weighted by molar-refractivity contribution is 8.24. The van der Waals surface area contributed by atoms with Crippen LogP contribution in [-0.2, 0) is 11.2 Å². The molecule has 0 spiro atoms. The first kappa shape index (κ1) is 19.6. The molecule has 25 heavy (non-hydrogen) atoms. The van der Waals surface area contributed by atoms with Crippen LogP contribution in [0.15, 0.2) is 47.2 Å². The van der Waals surface area contributed by atoms with E-state index in [1.165, 1.54) is 11.8 Å². The molecular formula is C19H19NO2S3. The number of hydrogen-bond donors (Lipinski definition) is 1. The number of nitriles is 1. The molecule has 3 nitrogen and oxygen atoms in total. The molecule has 0 radical (unpaired) electrons. The number of nitrogens with zero attached hydrogens (tertiary/aromatic N) is 1. The summed E-state index contributed by atoms with van der Waals surface area (Å²) in [6.07, 6.45) is 1.48. The number of thiocarbonyl (C=S) groups is 1. The van der Waals surface area contributed by atoms with Crippen molar-refractivity contribution in [3.63, 3.8) is 0 Å². The normalized spacial score (nSPS) is 14.2. The first-order valence-electron chi connectivity index (χ1n) is 7.87. The lowest BCUT2D eigenvalue weighted by molar-refractivity contribution is -0.142. The van der Waals surface area contributed by atoms with Crippen molar-refractivity contribution < 1.29 is 9.90 Å². The molecule has 0 aliphatic rings. The Kier molecular flexibility index (Phi) is 7.18. The van der Waals surface area contributed by atoms with Gasteiger partial charge in [0.1, 0.15) is 4.75 Å². The Morgan fingerprint density at radius 3 is 2.68 bits per heavy atom. The van der Waals surface area contributed by atoms with E-state index in [0.717, 1.165) is 11.1 Å². The first-order valence-corrected chi connectivity index (χ1v) is 10.0. The second kappa shape index (κ2) is 9.14. The van der Waals surface area contributed by atoms with Crippen LogP contribution in [0.5, 0.6) is 0 Å². The molecule has 1 aromatic carbocycles. The zero-order valence-corrected chi connectivity index (χ0v) is 16.3. The number of aliphatic carboxylic acids is 1. The van der Waals surface area contributed by atoms with Crippen LogP contribution in [0, 0.1) is 17.2 Å². The molecular weight excluding hydrogens is 370 g/mol. The Balaban J connectivity index is 2.04. The van der Waals surface area contributed by atoms with Gasteiger partial charge in [0.15, 0.2) is 0 Å². The quantitative estimate of drug-likeness (QED) is 0.632. The highest BCUT2D eigenvalue weighted by Crippen LogP contribution is 2.36. The van der Waals surface area contributed by atoms with E-state index in [9.17, 15) is 15.2 Å². The third kappa shape index (κ3) is 5.96. The lowest BCUT2D eigenvalue weighted by atomic mass is 9.91. The van der Waals surface area contributed by atoms with E-state index in [1.54, 1.807) is 18.3 Å². The van der Waals surface area contributed by atoms with E-state index in [2.05, 4.69) is 6.07 Å². The van der Waals surface area contributed by atoms with E-state index >= 15 is 0 Å². The predicted octanol–water partition coefficient (Wildman–Crippen LogP) is 5.16. The molecule has 2 atom stereocenters. The van der Waals surface area contributed by atoms with E-state index in [4.69, 9.17) is 12.2 Å². The Labute approximate surface area is 161 Å². The number of aryl methyl sites for hydroxylation is 1. The van der Waals surface area contributed by atoms with Crippen LogP contribution < -0.4 is 0 Å². The fourth-order valence-electron chi connectivity index (χ4n) is 2.51. The Morgan fingerprint density at radius 1 is 1.40 bits per heavy atom. The van der Waals surface area contributed by atoms with Gasteiger partial charge in [-0.05, 0) is 54.1 Å². The van der Waals surface area contributed by atoms with Crippen molar-refractivity contribution in [2.75, 3.05) is 0 Å². The average molecular weight is 390 g/mol. The summed E-state index contributed by atoms with van der Waals surface area (Å²) >= 11 is 8.33. The monoisotopic (exact) mass is 389 g/mol. The summed E-state index contributed by atoms with van der Waals surface area (Å²) in [4.78, 5) is 11.7. The van der Waals surface area contributed by atoms with Gasteiger partial charge >= 0.3 is 5.97 Å². The molecule has 0 saturated carbocycles. The lowest BCUT2D eigenvalue weighted by Gasteiger charge is -2.25. The van der Waals surface area contributed by atoms with Crippen molar-refractivity contribution in [1.82, 2.24) is 0 Å². The maximum atomic E-state index is 11.7. The van der Waals surface area contributed by atoms with Crippen molar-refractivity contribution in [2.45, 2.75) is 30.9 Å². The minimum atomic E-state index is -0.870. The number of carboxylic acids is 1. The summed E-state index contributed by atoms with van der Waals surface area (Å²) in [5, 5.41) is 23.2. The first-order chi connectivity index (χ1) is 11.9. The van der Waals surface area contributed by atoms with Gasteiger partial charge in [-0.3, -0.25) is 4.79 Å². The summed E-state index contributed by atoms with van der Waals surface area (Å²) in [5.74, 6) is -1.43. The maximum absolute atomic E-state index is 11.7. The second-order valence-corrected chi connectivity index (χ2v) is 8.97. The van der Waals surface area contributed by atoms with Gasteiger partial charge in [-0.25, -0.2) is 0 Å². The van der Waals surface area contributed by atoms with Gasteiger partial charge in [-0.2, -0.15) is 16.6 Å². The second-order valence-electron chi connectivity index (χ2n) is 6.01. The van der Waals surface area contributed by atoms with Crippen molar-refractivity contribution >= 4 is 45.5 Å². The number of thiophene rings is 1. The fraction of sp³-hybridized carbons (Fsp3) is 0.316. The van der Waals surface area contributed by atoms with Crippen molar-refractivity contribution in [3.8, 4) is 6.07 Å². The molecule has 1 N–H and O–H groups in total. The van der Waals surface area contributed by atoms with Gasteiger partial charge in [-0.1, -0.05) is 54.3 Å². The summed E-state index contributed by atoms with van der Waals surface area (Å²) in [7, 11) is 0. The predicted molar refractivity (Wildman–Crippen MR) is 108 cm³/mol. The smallest absolute Gasteiger partial charge is 0.306 e. The highest BCUT2D eigenvalue weighted by atomic mass is 32.2. The number of carboxylic acid groups (broad SMARTS) is 1. The standard InChI is InChI=1S/C19H19NO2S3/c1-19(13-20,25-18(23)15-5-3-2-4-6-15)11-16(17(21)22)8-7-14-9-10-24-12-14/h2-6,9-10,12,16H,7-8,11H2,1H3,(H,21,22). The highest BCUT2D eigenvalue weighted by Gasteiger charge is 2.33. The fourth-order valence-corrected chi connectivity index (χ4v) is 4.89. The zero-order chi connectivity index (χ0) is 18.3. The van der Waals surface area contributed by atoms with Crippen molar-refractivity contribution in [1.29, 1.82) is 5.26 Å². The lowest BCUT2D eigenvalue weighted by Crippen LogP contribution is -2.28. The molecule has 0 bridgehead atoms. The molecule has 1 heterocycles. The van der Waals surface area contributed by atoms with Gasteiger partial charge in [0.2, 0.25) is 0 Å². The molecule has 2 aromatic rings. The molecule has 2 rings (SSSR count). The Hall–Kier alpha value is -1.68. The van der Waals surface area contributed by atoms with E-state index in [-0.39, 0.29) is 6.42 Å². The Bertz CT molecular complexity index is 753. The van der Waals surface area contributed by atoms with Gasteiger partial charge in [0.25, 0.3) is 0 Å². The third-order valence-corrected chi connectivity index (χ3v) is 6.26. The number of carbonyl (C=O) groups is 1. The number of benzene rings is 1. The molecule has 130 valence electrons. The van der Waals surface area contributed by atoms with Gasteiger partial charge < -0.3 is 5.11 Å². The van der Waals surface area contributed by atoms with E-state index in [1.807, 2.05) is 47.2 Å². The Morgan fingerprint density at radius 2 is 2.12 bits per heavy atom. The minimum absolute atomic E-state index is 0.264. The minimum Gasteiger partial charge on any atom is -0.481 e. The molecule has 0 aliphatic heterocycles. The summed E-state index contributed by atoms with van der Waals surface area (Å²) in [6, 6.07) is 13.8. The summed E-state index contributed by atoms with van der Waals surface area (Å²) < 4.78 is -0.253. The van der Waals surface area contributed by atoms with Crippen LogP contribution in [0.25, 0.3) is 0 Å². The molecule has 1 aromatic heterocycles. The van der Waals surface area contributed by atoms with E-state index in [0.29, 0.717) is 17.0 Å². The topological polar surface area (TPSA) is 61.1 Å². The largest absolute Gasteiger partial charge is 0.481 e. The number of hydrogen-bond acceptors (Lipinski definition) is 5. The third-order valence-electron chi connectivity index (χ3n) is 3.91. The molecule has 0 aliphatic carbocycles. The van der Waals surface area contributed by atoms with Crippen LogP contribution >= 0.6 is 35.3 Å². The van der Waals surface area contributed by atoms with E-state index < -0.39 is 16.6 Å². The average Bonchev–Trinajstić information content (AvgIpc) is 3.12. The van der Waals surface area contributed by atoms with Crippen molar-refractivity contribution in [2.24, 2.45) is 5.92 Å². The number of thioether (sulfide) groups is 1. The molecule has 0 amide bonds. The molecule has 0 fully saturated rings. The van der Waals surface area contributed by atoms with Gasteiger partial charge in [0.05, 0.1) is 16.2 Å². The van der Waals surface area contributed by atoms with Gasteiger partial charge in [0, 0.05) is 0 Å². The summed E-state index contributed by atoms with van der Waals surface area (Å²) in [5.41, 5.74) is 2.02. The van der Waals surface area contributed by atoms with Crippen LogP contribution in [-0.4, -0.2) is 20.0 Å². The number of rotatable bonds is 8.